The quantitative estimate of drug-likeness (QED) is 0.580. The molecule has 0 fully saturated rings. The standard InChI is InChI=1S/C14H19NO2/c1-4-5-8-15-10-13(16)12-9-11(2)6-7-14(12)17-3/h1,6-7,9,13,15-16H,5,8,10H2,2-3H3. The normalized spacial score (nSPS) is 11.9. The number of methoxy groups -OCH3 is 1. The first-order valence-corrected chi connectivity index (χ1v) is 5.65. The Hall–Kier alpha value is -1.50. The molecule has 0 aromatic heterocycles. The summed E-state index contributed by atoms with van der Waals surface area (Å²) in [4.78, 5) is 0. The van der Waals surface area contributed by atoms with Crippen LogP contribution in [0, 0.1) is 19.3 Å². The van der Waals surface area contributed by atoms with Crippen LogP contribution < -0.4 is 10.1 Å². The fourth-order valence-electron chi connectivity index (χ4n) is 1.62. The average Bonchev–Trinajstić information content (AvgIpc) is 2.34. The van der Waals surface area contributed by atoms with E-state index < -0.39 is 6.10 Å². The highest BCUT2D eigenvalue weighted by molar-refractivity contribution is 5.38. The summed E-state index contributed by atoms with van der Waals surface area (Å²) in [6.45, 7) is 3.17. The molecule has 0 saturated carbocycles. The summed E-state index contributed by atoms with van der Waals surface area (Å²) < 4.78 is 5.23. The maximum absolute atomic E-state index is 10.1. The topological polar surface area (TPSA) is 41.5 Å². The zero-order valence-corrected chi connectivity index (χ0v) is 10.4. The van der Waals surface area contributed by atoms with Crippen molar-refractivity contribution >= 4 is 0 Å². The number of hydrogen-bond donors (Lipinski definition) is 2. The van der Waals surface area contributed by atoms with Gasteiger partial charge in [0.05, 0.1) is 13.2 Å². The molecule has 0 aliphatic rings. The highest BCUT2D eigenvalue weighted by Crippen LogP contribution is 2.25. The number of aliphatic hydroxyl groups is 1. The van der Waals surface area contributed by atoms with Crippen LogP contribution in [-0.4, -0.2) is 25.3 Å². The molecule has 0 aliphatic carbocycles. The third-order valence-electron chi connectivity index (χ3n) is 2.53. The Morgan fingerprint density at radius 3 is 2.94 bits per heavy atom. The molecule has 0 amide bonds. The predicted octanol–water partition coefficient (Wildman–Crippen LogP) is 1.65. The Labute approximate surface area is 103 Å². The summed E-state index contributed by atoms with van der Waals surface area (Å²) in [7, 11) is 1.60. The fourth-order valence-corrected chi connectivity index (χ4v) is 1.62. The van der Waals surface area contributed by atoms with Gasteiger partial charge in [0.2, 0.25) is 0 Å². The van der Waals surface area contributed by atoms with E-state index in [0.29, 0.717) is 25.3 Å². The second-order valence-corrected chi connectivity index (χ2v) is 3.92. The minimum atomic E-state index is -0.581. The van der Waals surface area contributed by atoms with E-state index >= 15 is 0 Å². The van der Waals surface area contributed by atoms with Gasteiger partial charge in [0, 0.05) is 25.1 Å². The van der Waals surface area contributed by atoms with Gasteiger partial charge >= 0.3 is 0 Å². The van der Waals surface area contributed by atoms with Gasteiger partial charge in [-0.25, -0.2) is 0 Å². The van der Waals surface area contributed by atoms with Crippen molar-refractivity contribution in [1.82, 2.24) is 5.32 Å². The Kier molecular flexibility index (Phi) is 5.55. The molecular weight excluding hydrogens is 214 g/mol. The van der Waals surface area contributed by atoms with Crippen molar-refractivity contribution in [3.63, 3.8) is 0 Å². The Morgan fingerprint density at radius 1 is 1.53 bits per heavy atom. The SMILES string of the molecule is C#CCCNCC(O)c1cc(C)ccc1OC. The number of nitrogens with one attached hydrogen (secondary N) is 1. The van der Waals surface area contributed by atoms with Gasteiger partial charge in [-0.3, -0.25) is 0 Å². The Bertz CT molecular complexity index is 396. The third-order valence-corrected chi connectivity index (χ3v) is 2.53. The van der Waals surface area contributed by atoms with Crippen molar-refractivity contribution in [2.45, 2.75) is 19.4 Å². The molecule has 1 atom stereocenters. The Morgan fingerprint density at radius 2 is 2.29 bits per heavy atom. The Balaban J connectivity index is 2.64. The number of hydrogen-bond acceptors (Lipinski definition) is 3. The van der Waals surface area contributed by atoms with Gasteiger partial charge in [-0.1, -0.05) is 11.6 Å². The van der Waals surface area contributed by atoms with Crippen LogP contribution in [0.4, 0.5) is 0 Å². The molecule has 0 radical (unpaired) electrons. The van der Waals surface area contributed by atoms with Crippen LogP contribution in [0.15, 0.2) is 18.2 Å². The lowest BCUT2D eigenvalue weighted by molar-refractivity contribution is 0.171. The minimum Gasteiger partial charge on any atom is -0.496 e. The summed E-state index contributed by atoms with van der Waals surface area (Å²) in [5.41, 5.74) is 1.91. The number of benzene rings is 1. The molecule has 1 aromatic carbocycles. The second kappa shape index (κ2) is 6.95. The van der Waals surface area contributed by atoms with Crippen molar-refractivity contribution in [1.29, 1.82) is 0 Å². The van der Waals surface area contributed by atoms with E-state index in [9.17, 15) is 5.11 Å². The lowest BCUT2D eigenvalue weighted by Gasteiger charge is -2.16. The van der Waals surface area contributed by atoms with Gasteiger partial charge in [0.25, 0.3) is 0 Å². The smallest absolute Gasteiger partial charge is 0.124 e. The third kappa shape index (κ3) is 4.10. The van der Waals surface area contributed by atoms with Crippen LogP contribution in [0.25, 0.3) is 0 Å². The van der Waals surface area contributed by atoms with Crippen molar-refractivity contribution in [2.24, 2.45) is 0 Å². The summed E-state index contributed by atoms with van der Waals surface area (Å²) in [5, 5.41) is 13.2. The first kappa shape index (κ1) is 13.6. The van der Waals surface area contributed by atoms with Gasteiger partial charge in [0.1, 0.15) is 5.75 Å². The van der Waals surface area contributed by atoms with Crippen LogP contribution >= 0.6 is 0 Å². The molecule has 3 heteroatoms. The molecule has 0 heterocycles. The molecule has 92 valence electrons. The maximum atomic E-state index is 10.1. The van der Waals surface area contributed by atoms with Crippen LogP contribution in [0.3, 0.4) is 0 Å². The minimum absolute atomic E-state index is 0.474. The first-order valence-electron chi connectivity index (χ1n) is 5.65. The molecule has 0 saturated heterocycles. The fraction of sp³-hybridized carbons (Fsp3) is 0.429. The highest BCUT2D eigenvalue weighted by Gasteiger charge is 2.12. The first-order chi connectivity index (χ1) is 8.19. The molecule has 1 rings (SSSR count). The molecule has 1 unspecified atom stereocenters. The van der Waals surface area contributed by atoms with Crippen LogP contribution in [0.5, 0.6) is 5.75 Å². The van der Waals surface area contributed by atoms with Crippen molar-refractivity contribution in [3.05, 3.63) is 29.3 Å². The largest absolute Gasteiger partial charge is 0.496 e. The summed E-state index contributed by atoms with van der Waals surface area (Å²) in [6.07, 6.45) is 5.23. The number of terminal acetylenes is 1. The van der Waals surface area contributed by atoms with E-state index in [2.05, 4.69) is 11.2 Å². The average molecular weight is 233 g/mol. The number of rotatable bonds is 6. The maximum Gasteiger partial charge on any atom is 0.124 e. The zero-order valence-electron chi connectivity index (χ0n) is 10.4. The summed E-state index contributed by atoms with van der Waals surface area (Å²) >= 11 is 0. The van der Waals surface area contributed by atoms with E-state index in [-0.39, 0.29) is 0 Å². The molecular formula is C14H19NO2. The van der Waals surface area contributed by atoms with Crippen LogP contribution in [0.1, 0.15) is 23.7 Å². The lowest BCUT2D eigenvalue weighted by atomic mass is 10.1. The van der Waals surface area contributed by atoms with Gasteiger partial charge in [-0.2, -0.15) is 0 Å². The van der Waals surface area contributed by atoms with Gasteiger partial charge in [-0.05, 0) is 19.1 Å². The van der Waals surface area contributed by atoms with E-state index in [0.717, 1.165) is 11.1 Å². The van der Waals surface area contributed by atoms with E-state index in [1.807, 2.05) is 25.1 Å². The molecule has 2 N–H and O–H groups in total. The van der Waals surface area contributed by atoms with Gasteiger partial charge in [-0.15, -0.1) is 12.3 Å². The predicted molar refractivity (Wildman–Crippen MR) is 69.0 cm³/mol. The van der Waals surface area contributed by atoms with E-state index in [1.165, 1.54) is 0 Å². The van der Waals surface area contributed by atoms with Gasteiger partial charge in [0.15, 0.2) is 0 Å². The molecule has 3 nitrogen and oxygen atoms in total. The number of aryl methyl sites for hydroxylation is 1. The lowest BCUT2D eigenvalue weighted by Crippen LogP contribution is -2.22. The highest BCUT2D eigenvalue weighted by atomic mass is 16.5. The number of ether oxygens (including phenoxy) is 1. The van der Waals surface area contributed by atoms with Crippen LogP contribution in [-0.2, 0) is 0 Å². The molecule has 0 spiro atoms. The second-order valence-electron chi connectivity index (χ2n) is 3.92. The zero-order chi connectivity index (χ0) is 12.7. The molecule has 0 aliphatic heterocycles. The van der Waals surface area contributed by atoms with Crippen molar-refractivity contribution < 1.29 is 9.84 Å². The number of aliphatic hydroxyl groups excluding tert-OH is 1. The van der Waals surface area contributed by atoms with E-state index in [1.54, 1.807) is 7.11 Å². The van der Waals surface area contributed by atoms with Gasteiger partial charge < -0.3 is 15.2 Å². The summed E-state index contributed by atoms with van der Waals surface area (Å²) in [5.74, 6) is 3.25. The van der Waals surface area contributed by atoms with Crippen molar-refractivity contribution in [2.75, 3.05) is 20.2 Å². The van der Waals surface area contributed by atoms with E-state index in [4.69, 9.17) is 11.2 Å². The summed E-state index contributed by atoms with van der Waals surface area (Å²) in [6, 6.07) is 5.77. The molecule has 17 heavy (non-hydrogen) atoms. The van der Waals surface area contributed by atoms with Crippen molar-refractivity contribution in [3.8, 4) is 18.1 Å². The van der Waals surface area contributed by atoms with Crippen LogP contribution in [0.2, 0.25) is 0 Å². The monoisotopic (exact) mass is 233 g/mol. The molecule has 0 bridgehead atoms. The molecule has 1 aromatic rings.